The van der Waals surface area contributed by atoms with E-state index in [0.29, 0.717) is 11.8 Å². The third kappa shape index (κ3) is 3.74. The van der Waals surface area contributed by atoms with Crippen LogP contribution in [0.25, 0.3) is 0 Å². The van der Waals surface area contributed by atoms with Crippen molar-refractivity contribution in [3.8, 4) is 0 Å². The molecular formula is C18H34O5. The van der Waals surface area contributed by atoms with Crippen LogP contribution in [-0.2, 0) is 23.7 Å². The van der Waals surface area contributed by atoms with Crippen molar-refractivity contribution in [3.63, 3.8) is 0 Å². The minimum atomic E-state index is -0.226. The third-order valence-corrected chi connectivity index (χ3v) is 5.97. The first-order chi connectivity index (χ1) is 10.8. The Morgan fingerprint density at radius 1 is 0.565 bits per heavy atom. The molecule has 136 valence electrons. The van der Waals surface area contributed by atoms with Crippen LogP contribution in [0.5, 0.6) is 0 Å². The van der Waals surface area contributed by atoms with E-state index in [9.17, 15) is 0 Å². The molecule has 2 rings (SSSR count). The van der Waals surface area contributed by atoms with Crippen LogP contribution in [0.2, 0.25) is 0 Å². The predicted molar refractivity (Wildman–Crippen MR) is 88.0 cm³/mol. The molecular weight excluding hydrogens is 296 g/mol. The summed E-state index contributed by atoms with van der Waals surface area (Å²) in [5, 5.41) is 0. The molecule has 5 nitrogen and oxygen atoms in total. The van der Waals surface area contributed by atoms with E-state index in [-0.39, 0.29) is 48.8 Å². The van der Waals surface area contributed by atoms with E-state index < -0.39 is 0 Å². The highest BCUT2D eigenvalue weighted by Crippen LogP contribution is 2.38. The van der Waals surface area contributed by atoms with Gasteiger partial charge in [0, 0.05) is 26.1 Å². The zero-order valence-electron chi connectivity index (χ0n) is 15.8. The molecule has 2 aliphatic rings. The molecule has 5 unspecified atom stereocenters. The zero-order chi connectivity index (χ0) is 17.3. The third-order valence-electron chi connectivity index (χ3n) is 5.97. The molecule has 0 bridgehead atoms. The van der Waals surface area contributed by atoms with E-state index in [2.05, 4.69) is 41.5 Å². The maximum atomic E-state index is 6.41. The second kappa shape index (κ2) is 7.79. The van der Waals surface area contributed by atoms with Crippen LogP contribution in [0.1, 0.15) is 41.5 Å². The normalized spacial score (nSPS) is 51.7. The predicted octanol–water partition coefficient (Wildman–Crippen LogP) is 3.07. The lowest BCUT2D eigenvalue weighted by molar-refractivity contribution is -0.322. The number of hydrogen-bond donors (Lipinski definition) is 0. The van der Waals surface area contributed by atoms with Crippen LogP contribution in [-0.4, -0.2) is 51.2 Å². The average Bonchev–Trinajstić information content (AvgIpc) is 2.52. The zero-order valence-corrected chi connectivity index (χ0v) is 15.8. The summed E-state index contributed by atoms with van der Waals surface area (Å²) in [4.78, 5) is 0. The van der Waals surface area contributed by atoms with Gasteiger partial charge in [0.15, 0.2) is 12.6 Å². The van der Waals surface area contributed by atoms with Gasteiger partial charge in [0.2, 0.25) is 0 Å². The fourth-order valence-electron chi connectivity index (χ4n) is 4.00. The van der Waals surface area contributed by atoms with Gasteiger partial charge in [-0.2, -0.15) is 0 Å². The molecule has 0 aromatic carbocycles. The maximum Gasteiger partial charge on any atom is 0.161 e. The Balaban J connectivity index is 2.06. The van der Waals surface area contributed by atoms with Crippen molar-refractivity contribution in [1.82, 2.24) is 0 Å². The minimum absolute atomic E-state index is 0.00217. The van der Waals surface area contributed by atoms with Gasteiger partial charge < -0.3 is 23.7 Å². The summed E-state index contributed by atoms with van der Waals surface area (Å²) in [5.74, 6) is 1.27. The van der Waals surface area contributed by atoms with Crippen molar-refractivity contribution in [3.05, 3.63) is 0 Å². The topological polar surface area (TPSA) is 46.2 Å². The molecule has 0 spiro atoms. The van der Waals surface area contributed by atoms with Crippen LogP contribution in [0.3, 0.4) is 0 Å². The van der Waals surface area contributed by atoms with Crippen LogP contribution in [0.15, 0.2) is 0 Å². The minimum Gasteiger partial charge on any atom is -0.378 e. The number of rotatable bonds is 4. The summed E-state index contributed by atoms with van der Waals surface area (Å²) in [6.07, 6.45) is -0.277. The lowest BCUT2D eigenvalue weighted by Gasteiger charge is -2.48. The Hall–Kier alpha value is -0.200. The molecule has 0 radical (unpaired) electrons. The van der Waals surface area contributed by atoms with Crippen LogP contribution < -0.4 is 0 Å². The van der Waals surface area contributed by atoms with Gasteiger partial charge in [-0.1, -0.05) is 27.7 Å². The molecule has 5 heteroatoms. The molecule has 0 aromatic heterocycles. The van der Waals surface area contributed by atoms with E-state index in [1.807, 2.05) is 0 Å². The first-order valence-electron chi connectivity index (χ1n) is 8.83. The second-order valence-corrected chi connectivity index (χ2v) is 7.39. The van der Waals surface area contributed by atoms with Gasteiger partial charge >= 0.3 is 0 Å². The SMILES string of the molecule is CO[C@@H]1OC(C)[C@@H](O[C@@H]2OC(C)[C@@H](OC)[C@H](C)C2C)C(C)C1C. The highest BCUT2D eigenvalue weighted by Gasteiger charge is 2.45. The Kier molecular flexibility index (Phi) is 6.48. The van der Waals surface area contributed by atoms with Gasteiger partial charge in [0.05, 0.1) is 24.4 Å². The fraction of sp³-hybridized carbons (Fsp3) is 1.00. The first-order valence-corrected chi connectivity index (χ1v) is 8.83. The fourth-order valence-corrected chi connectivity index (χ4v) is 4.00. The highest BCUT2D eigenvalue weighted by atomic mass is 16.7. The molecule has 2 aliphatic heterocycles. The lowest BCUT2D eigenvalue weighted by atomic mass is 9.83. The van der Waals surface area contributed by atoms with Crippen LogP contribution >= 0.6 is 0 Å². The molecule has 2 saturated heterocycles. The summed E-state index contributed by atoms with van der Waals surface area (Å²) in [7, 11) is 3.45. The second-order valence-electron chi connectivity index (χ2n) is 7.39. The number of methoxy groups -OCH3 is 2. The Morgan fingerprint density at radius 3 is 1.61 bits per heavy atom. The molecule has 10 atom stereocenters. The van der Waals surface area contributed by atoms with Gasteiger partial charge in [-0.05, 0) is 25.7 Å². The summed E-state index contributed by atoms with van der Waals surface area (Å²) in [6, 6.07) is 0. The van der Waals surface area contributed by atoms with E-state index >= 15 is 0 Å². The molecule has 0 N–H and O–H groups in total. The molecule has 2 heterocycles. The quantitative estimate of drug-likeness (QED) is 0.793. The van der Waals surface area contributed by atoms with Gasteiger partial charge in [0.25, 0.3) is 0 Å². The molecule has 0 saturated carbocycles. The summed E-state index contributed by atoms with van der Waals surface area (Å²) >= 11 is 0. The summed E-state index contributed by atoms with van der Waals surface area (Å²) in [6.45, 7) is 12.9. The summed E-state index contributed by atoms with van der Waals surface area (Å²) < 4.78 is 29.5. The van der Waals surface area contributed by atoms with Crippen LogP contribution in [0, 0.1) is 23.7 Å². The first kappa shape index (κ1) is 19.1. The van der Waals surface area contributed by atoms with Gasteiger partial charge in [-0.25, -0.2) is 0 Å². The molecule has 0 amide bonds. The maximum absolute atomic E-state index is 6.41. The van der Waals surface area contributed by atoms with E-state index in [1.165, 1.54) is 0 Å². The van der Waals surface area contributed by atoms with E-state index in [0.717, 1.165) is 0 Å². The largest absolute Gasteiger partial charge is 0.378 e. The van der Waals surface area contributed by atoms with Gasteiger partial charge in [-0.15, -0.1) is 0 Å². The smallest absolute Gasteiger partial charge is 0.161 e. The monoisotopic (exact) mass is 330 g/mol. The van der Waals surface area contributed by atoms with Crippen molar-refractivity contribution in [2.45, 2.75) is 78.5 Å². The van der Waals surface area contributed by atoms with Crippen molar-refractivity contribution < 1.29 is 23.7 Å². The Morgan fingerprint density at radius 2 is 1.04 bits per heavy atom. The number of ether oxygens (including phenoxy) is 5. The van der Waals surface area contributed by atoms with Crippen molar-refractivity contribution in [2.75, 3.05) is 14.2 Å². The van der Waals surface area contributed by atoms with Crippen LogP contribution in [0.4, 0.5) is 0 Å². The van der Waals surface area contributed by atoms with Crippen molar-refractivity contribution >= 4 is 0 Å². The molecule has 0 aromatic rings. The Bertz CT molecular complexity index is 376. The van der Waals surface area contributed by atoms with Gasteiger partial charge in [0.1, 0.15) is 0 Å². The van der Waals surface area contributed by atoms with Crippen molar-refractivity contribution in [1.29, 1.82) is 0 Å². The lowest BCUT2D eigenvalue weighted by Crippen LogP contribution is -2.55. The number of hydrogen-bond acceptors (Lipinski definition) is 5. The average molecular weight is 330 g/mol. The van der Waals surface area contributed by atoms with E-state index in [1.54, 1.807) is 14.2 Å². The molecule has 0 aliphatic carbocycles. The van der Waals surface area contributed by atoms with Gasteiger partial charge in [-0.3, -0.25) is 0 Å². The molecule has 2 fully saturated rings. The standard InChI is InChI=1S/C18H34O5/c1-9-12(4)18(22-13(5)15(9)19-7)23-16-10(2)11(3)17(20-8)21-14(16)6/h9-18H,1-8H3/t9-,10?,11?,12?,13?,14?,15+,16+,17-,18+/m1/s1. The Labute approximate surface area is 140 Å². The highest BCUT2D eigenvalue weighted by molar-refractivity contribution is 4.88. The van der Waals surface area contributed by atoms with E-state index in [4.69, 9.17) is 23.7 Å². The molecule has 23 heavy (non-hydrogen) atoms. The van der Waals surface area contributed by atoms with Crippen molar-refractivity contribution in [2.24, 2.45) is 23.7 Å². The summed E-state index contributed by atoms with van der Waals surface area (Å²) in [5.41, 5.74) is 0.